The molecule has 0 amide bonds. The lowest BCUT2D eigenvalue weighted by Crippen LogP contribution is -2.43. The standard InChI is InChI=1S/C17H21N3S/c1-12-6-2-3-9-14(12)19-17(21)20-15-10-4-7-13-8-5-11-18-16(13)15/h4-5,7-8,10-12,14H,2-3,6,9H2,1H3,(H2,19,20,21)/t12-,14+/m1/s1. The number of thiocarbonyl (C=S) groups is 1. The second-order valence-electron chi connectivity index (χ2n) is 5.85. The van der Waals surface area contributed by atoms with Crippen molar-refractivity contribution in [1.29, 1.82) is 0 Å². The average molecular weight is 299 g/mol. The second-order valence-corrected chi connectivity index (χ2v) is 6.26. The van der Waals surface area contributed by atoms with E-state index in [0.29, 0.717) is 17.1 Å². The highest BCUT2D eigenvalue weighted by Crippen LogP contribution is 2.24. The molecule has 1 saturated carbocycles. The van der Waals surface area contributed by atoms with Crippen molar-refractivity contribution in [3.05, 3.63) is 36.5 Å². The first-order valence-electron chi connectivity index (χ1n) is 7.65. The Morgan fingerprint density at radius 3 is 2.86 bits per heavy atom. The Labute approximate surface area is 131 Å². The number of rotatable bonds is 2. The maximum atomic E-state index is 5.48. The van der Waals surface area contributed by atoms with Crippen LogP contribution in [0.3, 0.4) is 0 Å². The maximum Gasteiger partial charge on any atom is 0.171 e. The minimum atomic E-state index is 0.488. The van der Waals surface area contributed by atoms with Crippen LogP contribution in [-0.4, -0.2) is 16.1 Å². The summed E-state index contributed by atoms with van der Waals surface area (Å²) >= 11 is 5.48. The molecule has 1 fully saturated rings. The minimum Gasteiger partial charge on any atom is -0.359 e. The fraction of sp³-hybridized carbons (Fsp3) is 0.412. The van der Waals surface area contributed by atoms with Crippen molar-refractivity contribution < 1.29 is 0 Å². The summed E-state index contributed by atoms with van der Waals surface area (Å²) in [6, 6.07) is 10.6. The van der Waals surface area contributed by atoms with Gasteiger partial charge in [0.25, 0.3) is 0 Å². The van der Waals surface area contributed by atoms with E-state index in [-0.39, 0.29) is 0 Å². The van der Waals surface area contributed by atoms with E-state index in [1.165, 1.54) is 25.7 Å². The van der Waals surface area contributed by atoms with Crippen molar-refractivity contribution in [2.24, 2.45) is 5.92 Å². The van der Waals surface area contributed by atoms with Gasteiger partial charge < -0.3 is 10.6 Å². The molecule has 0 bridgehead atoms. The molecule has 2 aromatic rings. The van der Waals surface area contributed by atoms with E-state index in [1.807, 2.05) is 24.4 Å². The molecule has 2 atom stereocenters. The van der Waals surface area contributed by atoms with Crippen molar-refractivity contribution in [1.82, 2.24) is 10.3 Å². The molecule has 1 heterocycles. The number of benzene rings is 1. The summed E-state index contributed by atoms with van der Waals surface area (Å²) < 4.78 is 0. The molecule has 1 aromatic heterocycles. The Balaban J connectivity index is 1.71. The molecule has 3 nitrogen and oxygen atoms in total. The first-order valence-corrected chi connectivity index (χ1v) is 8.06. The Kier molecular flexibility index (Phi) is 4.34. The predicted octanol–water partition coefficient (Wildman–Crippen LogP) is 4.10. The summed E-state index contributed by atoms with van der Waals surface area (Å²) in [6.07, 6.45) is 6.94. The highest BCUT2D eigenvalue weighted by Gasteiger charge is 2.21. The molecule has 4 heteroatoms. The van der Waals surface area contributed by atoms with Gasteiger partial charge in [-0.3, -0.25) is 4.98 Å². The van der Waals surface area contributed by atoms with Crippen LogP contribution in [-0.2, 0) is 0 Å². The zero-order valence-corrected chi connectivity index (χ0v) is 13.1. The molecule has 3 rings (SSSR count). The van der Waals surface area contributed by atoms with Crippen LogP contribution in [0.15, 0.2) is 36.5 Å². The number of pyridine rings is 1. The zero-order valence-electron chi connectivity index (χ0n) is 12.3. The number of para-hydroxylation sites is 1. The van der Waals surface area contributed by atoms with Gasteiger partial charge in [-0.15, -0.1) is 0 Å². The lowest BCUT2D eigenvalue weighted by atomic mass is 9.86. The first-order chi connectivity index (χ1) is 10.2. The Morgan fingerprint density at radius 2 is 2.00 bits per heavy atom. The normalized spacial score (nSPS) is 22.0. The van der Waals surface area contributed by atoms with Crippen LogP contribution in [0.5, 0.6) is 0 Å². The molecular formula is C17H21N3S. The third-order valence-corrected chi connectivity index (χ3v) is 4.53. The summed E-state index contributed by atoms with van der Waals surface area (Å²) in [6.45, 7) is 2.30. The fourth-order valence-electron chi connectivity index (χ4n) is 3.06. The molecular weight excluding hydrogens is 278 g/mol. The summed E-state index contributed by atoms with van der Waals surface area (Å²) in [5.41, 5.74) is 1.93. The first kappa shape index (κ1) is 14.3. The van der Waals surface area contributed by atoms with Gasteiger partial charge in [0.05, 0.1) is 11.2 Å². The van der Waals surface area contributed by atoms with E-state index < -0.39 is 0 Å². The van der Waals surface area contributed by atoms with Gasteiger partial charge >= 0.3 is 0 Å². The third kappa shape index (κ3) is 3.32. The number of hydrogen-bond acceptors (Lipinski definition) is 2. The van der Waals surface area contributed by atoms with Crippen LogP contribution in [0.25, 0.3) is 10.9 Å². The largest absolute Gasteiger partial charge is 0.359 e. The quantitative estimate of drug-likeness (QED) is 0.819. The average Bonchev–Trinajstić information content (AvgIpc) is 2.50. The molecule has 0 unspecified atom stereocenters. The van der Waals surface area contributed by atoms with Crippen molar-refractivity contribution in [2.75, 3.05) is 5.32 Å². The monoisotopic (exact) mass is 299 g/mol. The molecule has 0 saturated heterocycles. The summed E-state index contributed by atoms with van der Waals surface area (Å²) in [5.74, 6) is 0.684. The van der Waals surface area contributed by atoms with Gasteiger partial charge in [0.1, 0.15) is 0 Å². The van der Waals surface area contributed by atoms with Crippen LogP contribution in [0.1, 0.15) is 32.6 Å². The molecule has 1 aliphatic rings. The van der Waals surface area contributed by atoms with Crippen LogP contribution < -0.4 is 10.6 Å². The van der Waals surface area contributed by atoms with Crippen molar-refractivity contribution in [2.45, 2.75) is 38.6 Å². The van der Waals surface area contributed by atoms with Gasteiger partial charge in [-0.05, 0) is 43.1 Å². The van der Waals surface area contributed by atoms with E-state index in [4.69, 9.17) is 12.2 Å². The number of anilines is 1. The molecule has 21 heavy (non-hydrogen) atoms. The van der Waals surface area contributed by atoms with Gasteiger partial charge in [0, 0.05) is 17.6 Å². The van der Waals surface area contributed by atoms with Crippen LogP contribution in [0.2, 0.25) is 0 Å². The van der Waals surface area contributed by atoms with Gasteiger partial charge in [-0.2, -0.15) is 0 Å². The lowest BCUT2D eigenvalue weighted by molar-refractivity contribution is 0.309. The molecule has 0 radical (unpaired) electrons. The number of aromatic nitrogens is 1. The summed E-state index contributed by atoms with van der Waals surface area (Å²) in [4.78, 5) is 4.45. The number of nitrogens with zero attached hydrogens (tertiary/aromatic N) is 1. The van der Waals surface area contributed by atoms with Gasteiger partial charge in [0.2, 0.25) is 0 Å². The molecule has 110 valence electrons. The lowest BCUT2D eigenvalue weighted by Gasteiger charge is -2.30. The predicted molar refractivity (Wildman–Crippen MR) is 92.5 cm³/mol. The highest BCUT2D eigenvalue weighted by molar-refractivity contribution is 7.80. The molecule has 0 aliphatic heterocycles. The Morgan fingerprint density at radius 1 is 1.19 bits per heavy atom. The van der Waals surface area contributed by atoms with Crippen molar-refractivity contribution >= 4 is 33.9 Å². The van der Waals surface area contributed by atoms with E-state index in [2.05, 4.69) is 34.7 Å². The fourth-order valence-corrected chi connectivity index (χ4v) is 3.32. The molecule has 0 spiro atoms. The van der Waals surface area contributed by atoms with E-state index >= 15 is 0 Å². The summed E-state index contributed by atoms with van der Waals surface area (Å²) in [7, 11) is 0. The summed E-state index contributed by atoms with van der Waals surface area (Å²) in [5, 5.41) is 8.61. The van der Waals surface area contributed by atoms with Gasteiger partial charge in [0.15, 0.2) is 5.11 Å². The van der Waals surface area contributed by atoms with Crippen molar-refractivity contribution in [3.8, 4) is 0 Å². The van der Waals surface area contributed by atoms with Crippen LogP contribution >= 0.6 is 12.2 Å². The van der Waals surface area contributed by atoms with Crippen molar-refractivity contribution in [3.63, 3.8) is 0 Å². The molecule has 2 N–H and O–H groups in total. The van der Waals surface area contributed by atoms with E-state index in [9.17, 15) is 0 Å². The molecule has 1 aromatic carbocycles. The van der Waals surface area contributed by atoms with Crippen LogP contribution in [0, 0.1) is 5.92 Å². The van der Waals surface area contributed by atoms with Gasteiger partial charge in [-0.25, -0.2) is 0 Å². The number of fused-ring (bicyclic) bond motifs is 1. The SMILES string of the molecule is C[C@@H]1CCCC[C@@H]1NC(=S)Nc1cccc2cccnc12. The molecule has 1 aliphatic carbocycles. The minimum absolute atomic E-state index is 0.488. The van der Waals surface area contributed by atoms with Crippen LogP contribution in [0.4, 0.5) is 5.69 Å². The second kappa shape index (κ2) is 6.39. The highest BCUT2D eigenvalue weighted by atomic mass is 32.1. The van der Waals surface area contributed by atoms with E-state index in [0.717, 1.165) is 16.6 Å². The topological polar surface area (TPSA) is 37.0 Å². The number of nitrogens with one attached hydrogen (secondary N) is 2. The maximum absolute atomic E-state index is 5.48. The van der Waals surface area contributed by atoms with E-state index in [1.54, 1.807) is 0 Å². The number of hydrogen-bond donors (Lipinski definition) is 2. The third-order valence-electron chi connectivity index (χ3n) is 4.31. The van der Waals surface area contributed by atoms with Gasteiger partial charge in [-0.1, -0.05) is 38.0 Å². The Bertz CT molecular complexity index is 635. The smallest absolute Gasteiger partial charge is 0.171 e. The Hall–Kier alpha value is -1.68. The zero-order chi connectivity index (χ0) is 14.7.